The molecule has 1 saturated heterocycles. The molecule has 2 amide bonds. The zero-order valence-corrected chi connectivity index (χ0v) is 19.7. The first kappa shape index (κ1) is 22.6. The summed E-state index contributed by atoms with van der Waals surface area (Å²) in [5, 5.41) is 3.15. The van der Waals surface area contributed by atoms with Crippen molar-refractivity contribution in [2.24, 2.45) is 5.92 Å². The summed E-state index contributed by atoms with van der Waals surface area (Å²) in [5.74, 6) is 0.00763. The molecule has 166 valence electrons. The number of likely N-dealkylation sites (tertiary alicyclic amines) is 1. The second-order valence-electron chi connectivity index (χ2n) is 8.38. The van der Waals surface area contributed by atoms with E-state index in [1.807, 2.05) is 67.4 Å². The van der Waals surface area contributed by atoms with E-state index < -0.39 is 0 Å². The highest BCUT2D eigenvalue weighted by atomic mass is 35.5. The first-order chi connectivity index (χ1) is 15.4. The van der Waals surface area contributed by atoms with Gasteiger partial charge in [0.05, 0.1) is 6.04 Å². The monoisotopic (exact) mass is 468 g/mol. The highest BCUT2D eigenvalue weighted by Gasteiger charge is 2.32. The summed E-state index contributed by atoms with van der Waals surface area (Å²) in [6.07, 6.45) is 1.31. The van der Waals surface area contributed by atoms with Crippen molar-refractivity contribution in [3.63, 3.8) is 0 Å². The Morgan fingerprint density at radius 3 is 2.41 bits per heavy atom. The average molecular weight is 469 g/mol. The molecule has 1 fully saturated rings. The Hall–Kier alpha value is -2.56. The Bertz CT molecular complexity index is 1150. The van der Waals surface area contributed by atoms with Crippen LogP contribution in [0.5, 0.6) is 0 Å². The molecule has 4 rings (SSSR count). The van der Waals surface area contributed by atoms with Crippen LogP contribution in [0.1, 0.15) is 41.7 Å². The molecule has 32 heavy (non-hydrogen) atoms. The zero-order valence-electron chi connectivity index (χ0n) is 18.2. The van der Waals surface area contributed by atoms with Crippen molar-refractivity contribution >= 4 is 45.8 Å². The van der Waals surface area contributed by atoms with Crippen molar-refractivity contribution in [2.45, 2.75) is 25.8 Å². The van der Waals surface area contributed by atoms with E-state index in [9.17, 15) is 9.59 Å². The molecule has 1 aliphatic heterocycles. The SMILES string of the molecule is CC(c1ccc(Cl)cc1Cl)N(C)C(=O)C1CCN(C(=O)c2cccc3ccccc23)CC1. The number of rotatable bonds is 4. The molecule has 0 spiro atoms. The second-order valence-corrected chi connectivity index (χ2v) is 9.23. The normalized spacial score (nSPS) is 15.6. The lowest BCUT2D eigenvalue weighted by molar-refractivity contribution is -0.137. The minimum Gasteiger partial charge on any atom is -0.339 e. The van der Waals surface area contributed by atoms with Crippen molar-refractivity contribution < 1.29 is 9.59 Å². The molecule has 6 heteroatoms. The average Bonchev–Trinajstić information content (AvgIpc) is 2.82. The van der Waals surface area contributed by atoms with E-state index >= 15 is 0 Å². The first-order valence-electron chi connectivity index (χ1n) is 10.9. The predicted octanol–water partition coefficient (Wildman–Crippen LogP) is 6.22. The largest absolute Gasteiger partial charge is 0.339 e. The van der Waals surface area contributed by atoms with Crippen molar-refractivity contribution in [1.29, 1.82) is 0 Å². The van der Waals surface area contributed by atoms with Crippen LogP contribution in [0.3, 0.4) is 0 Å². The van der Waals surface area contributed by atoms with Gasteiger partial charge in [-0.1, -0.05) is 65.7 Å². The molecule has 0 saturated carbocycles. The smallest absolute Gasteiger partial charge is 0.254 e. The minimum absolute atomic E-state index is 0.0300. The summed E-state index contributed by atoms with van der Waals surface area (Å²) in [6.45, 7) is 3.11. The van der Waals surface area contributed by atoms with Gasteiger partial charge in [0.2, 0.25) is 5.91 Å². The van der Waals surface area contributed by atoms with Crippen LogP contribution in [-0.2, 0) is 4.79 Å². The number of piperidine rings is 1. The fourth-order valence-electron chi connectivity index (χ4n) is 4.44. The molecule has 1 unspecified atom stereocenters. The lowest BCUT2D eigenvalue weighted by atomic mass is 9.93. The van der Waals surface area contributed by atoms with Crippen LogP contribution >= 0.6 is 23.2 Å². The van der Waals surface area contributed by atoms with Crippen LogP contribution in [0.2, 0.25) is 10.0 Å². The van der Waals surface area contributed by atoms with Gasteiger partial charge in [0, 0.05) is 41.7 Å². The fraction of sp³-hybridized carbons (Fsp3) is 0.308. The van der Waals surface area contributed by atoms with Gasteiger partial charge in [-0.05, 0) is 54.3 Å². The summed E-state index contributed by atoms with van der Waals surface area (Å²) < 4.78 is 0. The van der Waals surface area contributed by atoms with Crippen LogP contribution in [-0.4, -0.2) is 41.8 Å². The van der Waals surface area contributed by atoms with Crippen LogP contribution < -0.4 is 0 Å². The third-order valence-corrected chi connectivity index (χ3v) is 7.06. The number of carbonyl (C=O) groups is 2. The summed E-state index contributed by atoms with van der Waals surface area (Å²) >= 11 is 12.3. The van der Waals surface area contributed by atoms with Gasteiger partial charge in [0.15, 0.2) is 0 Å². The molecular formula is C26H26Cl2N2O2. The summed E-state index contributed by atoms with van der Waals surface area (Å²) in [5.41, 5.74) is 1.59. The highest BCUT2D eigenvalue weighted by molar-refractivity contribution is 6.35. The van der Waals surface area contributed by atoms with E-state index in [2.05, 4.69) is 0 Å². The van der Waals surface area contributed by atoms with Crippen molar-refractivity contribution in [1.82, 2.24) is 9.80 Å². The summed E-state index contributed by atoms with van der Waals surface area (Å²) in [7, 11) is 1.81. The molecule has 0 aliphatic carbocycles. The molecule has 1 aliphatic rings. The van der Waals surface area contributed by atoms with Gasteiger partial charge in [0.1, 0.15) is 0 Å². The van der Waals surface area contributed by atoms with Crippen LogP contribution in [0.4, 0.5) is 0 Å². The summed E-state index contributed by atoms with van der Waals surface area (Å²) in [6, 6.07) is 18.9. The number of amides is 2. The van der Waals surface area contributed by atoms with Gasteiger partial charge in [-0.2, -0.15) is 0 Å². The number of hydrogen-bond acceptors (Lipinski definition) is 2. The predicted molar refractivity (Wildman–Crippen MR) is 130 cm³/mol. The molecule has 0 aromatic heterocycles. The number of halogens is 2. The number of carbonyl (C=O) groups excluding carboxylic acids is 2. The maximum Gasteiger partial charge on any atom is 0.254 e. The second kappa shape index (κ2) is 9.51. The maximum absolute atomic E-state index is 13.2. The molecule has 1 heterocycles. The van der Waals surface area contributed by atoms with Crippen molar-refractivity contribution in [3.8, 4) is 0 Å². The fourth-order valence-corrected chi connectivity index (χ4v) is 5.01. The lowest BCUT2D eigenvalue weighted by Crippen LogP contribution is -2.44. The molecular weight excluding hydrogens is 443 g/mol. The molecule has 1 atom stereocenters. The van der Waals surface area contributed by atoms with E-state index in [1.165, 1.54) is 0 Å². The third kappa shape index (κ3) is 4.48. The zero-order chi connectivity index (χ0) is 22.8. The number of benzene rings is 3. The first-order valence-corrected chi connectivity index (χ1v) is 11.6. The number of nitrogens with zero attached hydrogens (tertiary/aromatic N) is 2. The van der Waals surface area contributed by atoms with E-state index in [0.717, 1.165) is 21.9 Å². The Kier molecular flexibility index (Phi) is 6.73. The quantitative estimate of drug-likeness (QED) is 0.455. The third-order valence-electron chi connectivity index (χ3n) is 6.49. The van der Waals surface area contributed by atoms with Gasteiger partial charge in [-0.3, -0.25) is 9.59 Å². The Labute approximate surface area is 198 Å². The van der Waals surface area contributed by atoms with Gasteiger partial charge in [-0.15, -0.1) is 0 Å². The van der Waals surface area contributed by atoms with Gasteiger partial charge in [0.25, 0.3) is 5.91 Å². The molecule has 0 radical (unpaired) electrons. The molecule has 0 bridgehead atoms. The Morgan fingerprint density at radius 1 is 1.00 bits per heavy atom. The highest BCUT2D eigenvalue weighted by Crippen LogP contribution is 2.31. The number of hydrogen-bond donors (Lipinski definition) is 0. The summed E-state index contributed by atoms with van der Waals surface area (Å²) in [4.78, 5) is 30.0. The van der Waals surface area contributed by atoms with E-state index in [0.29, 0.717) is 36.0 Å². The Balaban J connectivity index is 1.41. The van der Waals surface area contributed by atoms with E-state index in [4.69, 9.17) is 23.2 Å². The molecule has 3 aromatic carbocycles. The standard InChI is InChI=1S/C26H26Cl2N2O2/c1-17(21-11-10-20(27)16-24(21)28)29(2)25(31)19-12-14-30(15-13-19)26(32)23-9-5-7-18-6-3-4-8-22(18)23/h3-11,16-17,19H,12-15H2,1-2H3. The molecule has 4 nitrogen and oxygen atoms in total. The van der Waals surface area contributed by atoms with E-state index in [-0.39, 0.29) is 23.8 Å². The van der Waals surface area contributed by atoms with Crippen molar-refractivity contribution in [3.05, 3.63) is 81.8 Å². The van der Waals surface area contributed by atoms with Crippen LogP contribution in [0.15, 0.2) is 60.7 Å². The number of fused-ring (bicyclic) bond motifs is 1. The van der Waals surface area contributed by atoms with Crippen LogP contribution in [0.25, 0.3) is 10.8 Å². The van der Waals surface area contributed by atoms with Gasteiger partial charge in [-0.25, -0.2) is 0 Å². The maximum atomic E-state index is 13.2. The minimum atomic E-state index is -0.164. The molecule has 0 N–H and O–H groups in total. The van der Waals surface area contributed by atoms with E-state index in [1.54, 1.807) is 17.0 Å². The lowest BCUT2D eigenvalue weighted by Gasteiger charge is -2.35. The van der Waals surface area contributed by atoms with Crippen LogP contribution in [0, 0.1) is 5.92 Å². The Morgan fingerprint density at radius 2 is 1.69 bits per heavy atom. The van der Waals surface area contributed by atoms with Gasteiger partial charge < -0.3 is 9.80 Å². The topological polar surface area (TPSA) is 40.6 Å². The van der Waals surface area contributed by atoms with Gasteiger partial charge >= 0.3 is 0 Å². The van der Waals surface area contributed by atoms with Crippen molar-refractivity contribution in [2.75, 3.05) is 20.1 Å². The molecule has 3 aromatic rings.